The number of nitrogens with zero attached hydrogens (tertiary/aromatic N) is 1. The molecule has 0 aliphatic carbocycles. The minimum atomic E-state index is -0.569. The lowest BCUT2D eigenvalue weighted by atomic mass is 10.1. The van der Waals surface area contributed by atoms with Crippen molar-refractivity contribution in [3.8, 4) is 5.75 Å². The third-order valence-corrected chi connectivity index (χ3v) is 6.58. The SMILES string of the molecule is CCC(C)NC(=O)C(C)N(Cc1cccc(OC)c1)C(=O)CSCc1ccc(Br)cc1. The van der Waals surface area contributed by atoms with Gasteiger partial charge in [0.25, 0.3) is 0 Å². The summed E-state index contributed by atoms with van der Waals surface area (Å²) < 4.78 is 6.33. The molecule has 1 N–H and O–H groups in total. The first-order chi connectivity index (χ1) is 14.8. The van der Waals surface area contributed by atoms with Gasteiger partial charge in [-0.05, 0) is 55.7 Å². The highest BCUT2D eigenvalue weighted by atomic mass is 79.9. The van der Waals surface area contributed by atoms with Gasteiger partial charge in [0.05, 0.1) is 12.9 Å². The summed E-state index contributed by atoms with van der Waals surface area (Å²) in [7, 11) is 1.61. The van der Waals surface area contributed by atoms with E-state index in [1.165, 1.54) is 0 Å². The molecule has 0 saturated carbocycles. The summed E-state index contributed by atoms with van der Waals surface area (Å²) in [6.45, 7) is 6.12. The number of ether oxygens (including phenoxy) is 1. The highest BCUT2D eigenvalue weighted by molar-refractivity contribution is 9.10. The van der Waals surface area contributed by atoms with E-state index in [0.717, 1.165) is 33.5 Å². The molecular formula is C24H31BrN2O3S. The van der Waals surface area contributed by atoms with E-state index in [1.54, 1.807) is 30.7 Å². The highest BCUT2D eigenvalue weighted by Crippen LogP contribution is 2.19. The molecule has 0 bridgehead atoms. The van der Waals surface area contributed by atoms with Gasteiger partial charge in [0.1, 0.15) is 11.8 Å². The minimum absolute atomic E-state index is 0.0586. The lowest BCUT2D eigenvalue weighted by Gasteiger charge is -2.29. The zero-order chi connectivity index (χ0) is 22.8. The largest absolute Gasteiger partial charge is 0.497 e. The summed E-state index contributed by atoms with van der Waals surface area (Å²) in [5, 5.41) is 2.99. The molecule has 0 radical (unpaired) electrons. The van der Waals surface area contributed by atoms with Gasteiger partial charge >= 0.3 is 0 Å². The fraction of sp³-hybridized carbons (Fsp3) is 0.417. The van der Waals surface area contributed by atoms with Gasteiger partial charge in [-0.2, -0.15) is 0 Å². The molecule has 0 aliphatic rings. The Balaban J connectivity index is 2.09. The first-order valence-corrected chi connectivity index (χ1v) is 12.3. The van der Waals surface area contributed by atoms with Crippen molar-refractivity contribution in [3.63, 3.8) is 0 Å². The van der Waals surface area contributed by atoms with E-state index in [-0.39, 0.29) is 17.9 Å². The number of hydrogen-bond donors (Lipinski definition) is 1. The van der Waals surface area contributed by atoms with Crippen molar-refractivity contribution in [1.82, 2.24) is 10.2 Å². The van der Waals surface area contributed by atoms with Crippen LogP contribution in [0.5, 0.6) is 5.75 Å². The number of thioether (sulfide) groups is 1. The molecule has 0 saturated heterocycles. The van der Waals surface area contributed by atoms with Crippen LogP contribution in [-0.2, 0) is 21.9 Å². The maximum Gasteiger partial charge on any atom is 0.242 e. The van der Waals surface area contributed by atoms with E-state index in [9.17, 15) is 9.59 Å². The molecule has 2 rings (SSSR count). The molecule has 7 heteroatoms. The van der Waals surface area contributed by atoms with Crippen LogP contribution in [0.4, 0.5) is 0 Å². The monoisotopic (exact) mass is 506 g/mol. The summed E-state index contributed by atoms with van der Waals surface area (Å²) in [4.78, 5) is 27.5. The Bertz CT molecular complexity index is 860. The minimum Gasteiger partial charge on any atom is -0.497 e. The van der Waals surface area contributed by atoms with Gasteiger partial charge in [-0.15, -0.1) is 11.8 Å². The average molecular weight is 507 g/mol. The van der Waals surface area contributed by atoms with Gasteiger partial charge < -0.3 is 15.0 Å². The highest BCUT2D eigenvalue weighted by Gasteiger charge is 2.26. The van der Waals surface area contributed by atoms with E-state index in [0.29, 0.717) is 12.3 Å². The zero-order valence-electron chi connectivity index (χ0n) is 18.6. The summed E-state index contributed by atoms with van der Waals surface area (Å²) in [6.07, 6.45) is 0.839. The maximum atomic E-state index is 13.1. The molecule has 0 aromatic heterocycles. The number of rotatable bonds is 11. The second-order valence-corrected chi connectivity index (χ2v) is 9.39. The molecule has 5 nitrogen and oxygen atoms in total. The van der Waals surface area contributed by atoms with Crippen LogP contribution < -0.4 is 10.1 Å². The standard InChI is InChI=1S/C24H31BrN2O3S/c1-5-17(2)26-24(29)18(3)27(14-20-7-6-8-22(13-20)30-4)23(28)16-31-15-19-9-11-21(25)12-10-19/h6-13,17-18H,5,14-16H2,1-4H3,(H,26,29). The van der Waals surface area contributed by atoms with Gasteiger partial charge in [-0.25, -0.2) is 0 Å². The van der Waals surface area contributed by atoms with Crippen molar-refractivity contribution in [1.29, 1.82) is 0 Å². The topological polar surface area (TPSA) is 58.6 Å². The maximum absolute atomic E-state index is 13.1. The fourth-order valence-electron chi connectivity index (χ4n) is 2.94. The predicted molar refractivity (Wildman–Crippen MR) is 131 cm³/mol. The number of nitrogens with one attached hydrogen (secondary N) is 1. The summed E-state index contributed by atoms with van der Waals surface area (Å²) in [5.74, 6) is 1.58. The zero-order valence-corrected chi connectivity index (χ0v) is 21.0. The van der Waals surface area contributed by atoms with Gasteiger partial charge in [0.15, 0.2) is 0 Å². The molecule has 2 atom stereocenters. The van der Waals surface area contributed by atoms with Crippen molar-refractivity contribution in [3.05, 3.63) is 64.1 Å². The Hall–Kier alpha value is -1.99. The quantitative estimate of drug-likeness (QED) is 0.464. The summed E-state index contributed by atoms with van der Waals surface area (Å²) in [5.41, 5.74) is 2.08. The lowest BCUT2D eigenvalue weighted by molar-refractivity contribution is -0.138. The first kappa shape index (κ1) is 25.3. The molecular weight excluding hydrogens is 476 g/mol. The second kappa shape index (κ2) is 12.8. The smallest absolute Gasteiger partial charge is 0.242 e. The summed E-state index contributed by atoms with van der Waals surface area (Å²) >= 11 is 4.99. The Morgan fingerprint density at radius 2 is 1.84 bits per heavy atom. The van der Waals surface area contributed by atoms with Crippen molar-refractivity contribution in [2.45, 2.75) is 51.6 Å². The molecule has 0 spiro atoms. The Morgan fingerprint density at radius 3 is 2.48 bits per heavy atom. The number of hydrogen-bond acceptors (Lipinski definition) is 4. The molecule has 2 amide bonds. The van der Waals surface area contributed by atoms with Crippen LogP contribution in [0, 0.1) is 0 Å². The van der Waals surface area contributed by atoms with E-state index in [1.807, 2.05) is 62.4 Å². The van der Waals surface area contributed by atoms with Gasteiger partial charge in [-0.1, -0.05) is 47.1 Å². The molecule has 168 valence electrons. The van der Waals surface area contributed by atoms with Crippen molar-refractivity contribution >= 4 is 39.5 Å². The van der Waals surface area contributed by atoms with E-state index >= 15 is 0 Å². The van der Waals surface area contributed by atoms with Crippen molar-refractivity contribution in [2.24, 2.45) is 0 Å². The molecule has 2 aromatic rings. The second-order valence-electron chi connectivity index (χ2n) is 7.49. The van der Waals surface area contributed by atoms with E-state index in [4.69, 9.17) is 4.74 Å². The number of benzene rings is 2. The molecule has 2 aromatic carbocycles. The Labute approximate surface area is 198 Å². The normalized spacial score (nSPS) is 12.7. The van der Waals surface area contributed by atoms with Crippen molar-refractivity contribution in [2.75, 3.05) is 12.9 Å². The van der Waals surface area contributed by atoms with Crippen LogP contribution in [0.1, 0.15) is 38.3 Å². The molecule has 2 unspecified atom stereocenters. The van der Waals surface area contributed by atoms with Crippen LogP contribution >= 0.6 is 27.7 Å². The van der Waals surface area contributed by atoms with Gasteiger partial charge in [-0.3, -0.25) is 9.59 Å². The number of carbonyl (C=O) groups excluding carboxylic acids is 2. The van der Waals surface area contributed by atoms with Crippen LogP contribution in [0.15, 0.2) is 53.0 Å². The summed E-state index contributed by atoms with van der Waals surface area (Å²) in [6, 6.07) is 15.2. The number of methoxy groups -OCH3 is 1. The van der Waals surface area contributed by atoms with Crippen LogP contribution in [0.25, 0.3) is 0 Å². The molecule has 31 heavy (non-hydrogen) atoms. The third-order valence-electron chi connectivity index (χ3n) is 5.06. The Morgan fingerprint density at radius 1 is 1.13 bits per heavy atom. The lowest BCUT2D eigenvalue weighted by Crippen LogP contribution is -2.50. The Kier molecular flexibility index (Phi) is 10.4. The molecule has 0 fully saturated rings. The molecule has 0 heterocycles. The number of amides is 2. The van der Waals surface area contributed by atoms with Gasteiger partial charge in [0.2, 0.25) is 11.8 Å². The van der Waals surface area contributed by atoms with E-state index in [2.05, 4.69) is 21.2 Å². The van der Waals surface area contributed by atoms with Gasteiger partial charge in [0, 0.05) is 22.8 Å². The van der Waals surface area contributed by atoms with Crippen LogP contribution in [0.2, 0.25) is 0 Å². The average Bonchev–Trinajstić information content (AvgIpc) is 2.78. The van der Waals surface area contributed by atoms with Crippen LogP contribution in [-0.4, -0.2) is 41.7 Å². The third kappa shape index (κ3) is 8.22. The van der Waals surface area contributed by atoms with E-state index < -0.39 is 6.04 Å². The van der Waals surface area contributed by atoms with Crippen LogP contribution in [0.3, 0.4) is 0 Å². The number of halogens is 1. The predicted octanol–water partition coefficient (Wildman–Crippen LogP) is 5.02. The molecule has 0 aliphatic heterocycles. The first-order valence-electron chi connectivity index (χ1n) is 10.4. The fourth-order valence-corrected chi connectivity index (χ4v) is 4.07. The van der Waals surface area contributed by atoms with Crippen molar-refractivity contribution < 1.29 is 14.3 Å². The number of carbonyl (C=O) groups is 2.